The van der Waals surface area contributed by atoms with Crippen molar-refractivity contribution in [3.63, 3.8) is 0 Å². The predicted octanol–water partition coefficient (Wildman–Crippen LogP) is 3.43. The van der Waals surface area contributed by atoms with Crippen LogP contribution in [0.4, 0.5) is 4.39 Å². The number of hydrogen-bond donors (Lipinski definition) is 0. The van der Waals surface area contributed by atoms with Crippen LogP contribution in [0.1, 0.15) is 16.3 Å². The SMILES string of the molecule is Fc1ccc(Cc2nnc3n2N=C(c2cccs2)CS3)cc1. The van der Waals surface area contributed by atoms with E-state index < -0.39 is 0 Å². The standard InChI is InChI=1S/C15H11FN4S2/c16-11-5-3-10(4-6-11)8-14-17-18-15-20(14)19-12(9-22-15)13-2-1-7-21-13/h1-7H,8-9H2. The molecular formula is C15H11FN4S2. The van der Waals surface area contributed by atoms with Crippen LogP contribution in [0.5, 0.6) is 0 Å². The number of fused-ring (bicyclic) bond motifs is 1. The number of nitrogens with zero attached hydrogens (tertiary/aromatic N) is 4. The number of thiophene rings is 1. The van der Waals surface area contributed by atoms with Crippen LogP contribution in [0.25, 0.3) is 0 Å². The van der Waals surface area contributed by atoms with Crippen LogP contribution >= 0.6 is 23.1 Å². The van der Waals surface area contributed by atoms with E-state index in [2.05, 4.69) is 21.4 Å². The van der Waals surface area contributed by atoms with E-state index in [1.165, 1.54) is 17.0 Å². The molecule has 3 aromatic rings. The summed E-state index contributed by atoms with van der Waals surface area (Å²) in [7, 11) is 0. The highest BCUT2D eigenvalue weighted by Crippen LogP contribution is 2.26. The molecule has 4 nitrogen and oxygen atoms in total. The molecule has 0 N–H and O–H groups in total. The first-order valence-corrected chi connectivity index (χ1v) is 8.59. The summed E-state index contributed by atoms with van der Waals surface area (Å²) in [6.07, 6.45) is 0.578. The normalized spacial score (nSPS) is 13.8. The van der Waals surface area contributed by atoms with Gasteiger partial charge in [0.15, 0.2) is 5.82 Å². The Labute approximate surface area is 134 Å². The molecule has 0 atom stereocenters. The summed E-state index contributed by atoms with van der Waals surface area (Å²) in [6.45, 7) is 0. The van der Waals surface area contributed by atoms with Gasteiger partial charge in [0, 0.05) is 12.2 Å². The first-order chi connectivity index (χ1) is 10.8. The molecule has 1 aliphatic heterocycles. The molecule has 0 unspecified atom stereocenters. The van der Waals surface area contributed by atoms with E-state index in [4.69, 9.17) is 0 Å². The first kappa shape index (κ1) is 13.7. The van der Waals surface area contributed by atoms with Gasteiger partial charge in [-0.15, -0.1) is 21.5 Å². The molecule has 0 saturated carbocycles. The van der Waals surface area contributed by atoms with E-state index in [0.717, 1.165) is 28.0 Å². The van der Waals surface area contributed by atoms with Gasteiger partial charge in [0.05, 0.1) is 10.6 Å². The van der Waals surface area contributed by atoms with Crippen molar-refractivity contribution >= 4 is 28.8 Å². The van der Waals surface area contributed by atoms with Gasteiger partial charge in [0.2, 0.25) is 5.16 Å². The average molecular weight is 330 g/mol. The lowest BCUT2D eigenvalue weighted by atomic mass is 10.1. The van der Waals surface area contributed by atoms with Crippen molar-refractivity contribution in [1.82, 2.24) is 14.9 Å². The second-order valence-corrected chi connectivity index (χ2v) is 6.72. The third-order valence-electron chi connectivity index (χ3n) is 3.32. The molecular weight excluding hydrogens is 319 g/mol. The second-order valence-electron chi connectivity index (χ2n) is 4.83. The lowest BCUT2D eigenvalue weighted by Gasteiger charge is -2.12. The van der Waals surface area contributed by atoms with Gasteiger partial charge >= 0.3 is 0 Å². The summed E-state index contributed by atoms with van der Waals surface area (Å²) in [6, 6.07) is 10.5. The van der Waals surface area contributed by atoms with Crippen molar-refractivity contribution in [2.75, 3.05) is 5.75 Å². The van der Waals surface area contributed by atoms with Gasteiger partial charge in [-0.2, -0.15) is 9.78 Å². The van der Waals surface area contributed by atoms with E-state index in [1.54, 1.807) is 39.9 Å². The molecule has 0 aliphatic carbocycles. The third kappa shape index (κ3) is 2.57. The third-order valence-corrected chi connectivity index (χ3v) is 5.17. The maximum Gasteiger partial charge on any atom is 0.212 e. The van der Waals surface area contributed by atoms with Gasteiger partial charge < -0.3 is 0 Å². The Morgan fingerprint density at radius 1 is 1.14 bits per heavy atom. The zero-order chi connectivity index (χ0) is 14.9. The van der Waals surface area contributed by atoms with Crippen molar-refractivity contribution in [3.05, 3.63) is 63.9 Å². The molecule has 0 saturated heterocycles. The molecule has 0 bridgehead atoms. The molecule has 3 heterocycles. The second kappa shape index (κ2) is 5.66. The Morgan fingerprint density at radius 2 is 2.00 bits per heavy atom. The van der Waals surface area contributed by atoms with Crippen LogP contribution in [0.15, 0.2) is 52.0 Å². The Kier molecular flexibility index (Phi) is 3.51. The minimum atomic E-state index is -0.236. The average Bonchev–Trinajstić information content (AvgIpc) is 3.19. The van der Waals surface area contributed by atoms with Crippen molar-refractivity contribution in [3.8, 4) is 0 Å². The zero-order valence-corrected chi connectivity index (χ0v) is 13.1. The molecule has 4 rings (SSSR count). The number of benzene rings is 1. The summed E-state index contributed by atoms with van der Waals surface area (Å²) in [4.78, 5) is 1.17. The van der Waals surface area contributed by atoms with Gasteiger partial charge in [-0.1, -0.05) is 30.0 Å². The molecule has 22 heavy (non-hydrogen) atoms. The highest BCUT2D eigenvalue weighted by atomic mass is 32.2. The van der Waals surface area contributed by atoms with E-state index in [1.807, 2.05) is 11.4 Å². The number of aromatic nitrogens is 3. The fraction of sp³-hybridized carbons (Fsp3) is 0.133. The van der Waals surface area contributed by atoms with Crippen molar-refractivity contribution in [1.29, 1.82) is 0 Å². The largest absolute Gasteiger partial charge is 0.212 e. The molecule has 0 amide bonds. The Morgan fingerprint density at radius 3 is 2.77 bits per heavy atom. The monoisotopic (exact) mass is 330 g/mol. The fourth-order valence-corrected chi connectivity index (χ4v) is 3.87. The zero-order valence-electron chi connectivity index (χ0n) is 11.4. The molecule has 110 valence electrons. The lowest BCUT2D eigenvalue weighted by molar-refractivity contribution is 0.627. The van der Waals surface area contributed by atoms with Crippen LogP contribution in [0, 0.1) is 5.82 Å². The number of halogens is 1. The fourth-order valence-electron chi connectivity index (χ4n) is 2.23. The van der Waals surface area contributed by atoms with Crippen LogP contribution < -0.4 is 0 Å². The van der Waals surface area contributed by atoms with Crippen molar-refractivity contribution in [2.24, 2.45) is 5.10 Å². The predicted molar refractivity (Wildman–Crippen MR) is 86.2 cm³/mol. The Bertz CT molecular complexity index is 822. The quantitative estimate of drug-likeness (QED) is 0.739. The highest BCUT2D eigenvalue weighted by molar-refractivity contribution is 7.99. The highest BCUT2D eigenvalue weighted by Gasteiger charge is 2.20. The van der Waals surface area contributed by atoms with Gasteiger partial charge in [0.1, 0.15) is 5.82 Å². The van der Waals surface area contributed by atoms with Crippen LogP contribution in [-0.2, 0) is 6.42 Å². The van der Waals surface area contributed by atoms with Crippen LogP contribution in [-0.4, -0.2) is 26.3 Å². The Balaban J connectivity index is 1.67. The molecule has 7 heteroatoms. The van der Waals surface area contributed by atoms with Gasteiger partial charge in [-0.3, -0.25) is 0 Å². The van der Waals surface area contributed by atoms with Crippen LogP contribution in [0.2, 0.25) is 0 Å². The topological polar surface area (TPSA) is 43.1 Å². The lowest BCUT2D eigenvalue weighted by Crippen LogP contribution is -2.13. The minimum absolute atomic E-state index is 0.236. The van der Waals surface area contributed by atoms with E-state index in [9.17, 15) is 4.39 Å². The summed E-state index contributed by atoms with van der Waals surface area (Å²) < 4.78 is 14.8. The number of rotatable bonds is 3. The van der Waals surface area contributed by atoms with E-state index >= 15 is 0 Å². The van der Waals surface area contributed by atoms with Crippen molar-refractivity contribution in [2.45, 2.75) is 11.6 Å². The summed E-state index contributed by atoms with van der Waals surface area (Å²) in [5.74, 6) is 1.33. The summed E-state index contributed by atoms with van der Waals surface area (Å²) in [5.41, 5.74) is 2.02. The molecule has 1 aliphatic rings. The molecule has 1 aromatic carbocycles. The maximum absolute atomic E-state index is 13.0. The van der Waals surface area contributed by atoms with E-state index in [-0.39, 0.29) is 5.82 Å². The smallest absolute Gasteiger partial charge is 0.207 e. The molecule has 0 radical (unpaired) electrons. The summed E-state index contributed by atoms with van der Waals surface area (Å²) >= 11 is 3.31. The van der Waals surface area contributed by atoms with Gasteiger partial charge in [-0.25, -0.2) is 4.39 Å². The number of thioether (sulfide) groups is 1. The molecule has 0 spiro atoms. The molecule has 2 aromatic heterocycles. The van der Waals surface area contributed by atoms with Gasteiger partial charge in [-0.05, 0) is 29.1 Å². The summed E-state index contributed by atoms with van der Waals surface area (Å²) in [5, 5.41) is 15.9. The molecule has 0 fully saturated rings. The van der Waals surface area contributed by atoms with E-state index in [0.29, 0.717) is 6.42 Å². The minimum Gasteiger partial charge on any atom is -0.207 e. The van der Waals surface area contributed by atoms with Crippen LogP contribution in [0.3, 0.4) is 0 Å². The van der Waals surface area contributed by atoms with Gasteiger partial charge in [0.25, 0.3) is 0 Å². The van der Waals surface area contributed by atoms with Crippen molar-refractivity contribution < 1.29 is 4.39 Å². The first-order valence-electron chi connectivity index (χ1n) is 6.73. The Hall–Kier alpha value is -1.99. The number of hydrogen-bond acceptors (Lipinski definition) is 5. The maximum atomic E-state index is 13.0.